The molecular formula is C22H42N4S. The Bertz CT molecular complexity index is 500. The van der Waals surface area contributed by atoms with E-state index in [2.05, 4.69) is 61.5 Å². The molecule has 2 aliphatic heterocycles. The second-order valence-electron chi connectivity index (χ2n) is 10.1. The predicted molar refractivity (Wildman–Crippen MR) is 120 cm³/mol. The molecule has 0 amide bonds. The van der Waals surface area contributed by atoms with Crippen LogP contribution in [0.1, 0.15) is 66.7 Å². The molecule has 1 spiro atoms. The Hall–Kier alpha value is -0.260. The maximum atomic E-state index is 4.97. The molecule has 0 atom stereocenters. The van der Waals surface area contributed by atoms with Gasteiger partial charge in [-0.05, 0) is 64.3 Å². The van der Waals surface area contributed by atoms with Crippen molar-refractivity contribution in [2.24, 2.45) is 16.8 Å². The molecule has 156 valence electrons. The van der Waals surface area contributed by atoms with Crippen LogP contribution < -0.4 is 5.32 Å². The molecule has 1 N–H and O–H groups in total. The first-order valence-corrected chi connectivity index (χ1v) is 12.1. The lowest BCUT2D eigenvalue weighted by Gasteiger charge is -2.43. The predicted octanol–water partition coefficient (Wildman–Crippen LogP) is 4.07. The molecule has 1 saturated carbocycles. The lowest BCUT2D eigenvalue weighted by molar-refractivity contribution is 0.131. The number of hydrogen-bond acceptors (Lipinski definition) is 4. The van der Waals surface area contributed by atoms with E-state index in [0.29, 0.717) is 4.75 Å². The van der Waals surface area contributed by atoms with Gasteiger partial charge in [-0.15, -0.1) is 0 Å². The number of hydrogen-bond donors (Lipinski definition) is 1. The Balaban J connectivity index is 1.42. The minimum absolute atomic E-state index is 0.165. The Kier molecular flexibility index (Phi) is 7.18. The molecule has 3 aliphatic rings. The summed E-state index contributed by atoms with van der Waals surface area (Å²) in [5.74, 6) is 1.71. The van der Waals surface area contributed by atoms with Crippen molar-refractivity contribution < 1.29 is 0 Å². The van der Waals surface area contributed by atoms with Crippen LogP contribution in [-0.4, -0.2) is 71.1 Å². The maximum absolute atomic E-state index is 4.97. The number of piperazine rings is 1. The molecule has 0 radical (unpaired) electrons. The van der Waals surface area contributed by atoms with Crippen LogP contribution in [0.15, 0.2) is 4.99 Å². The second-order valence-corrected chi connectivity index (χ2v) is 11.5. The summed E-state index contributed by atoms with van der Waals surface area (Å²) in [6, 6.07) is 0. The van der Waals surface area contributed by atoms with Crippen molar-refractivity contribution in [3.63, 3.8) is 0 Å². The summed E-state index contributed by atoms with van der Waals surface area (Å²) in [7, 11) is 0. The van der Waals surface area contributed by atoms with Crippen LogP contribution in [0.2, 0.25) is 0 Å². The van der Waals surface area contributed by atoms with E-state index >= 15 is 0 Å². The van der Waals surface area contributed by atoms with Crippen molar-refractivity contribution in [3.05, 3.63) is 0 Å². The first-order valence-electron chi connectivity index (χ1n) is 11.3. The van der Waals surface area contributed by atoms with E-state index < -0.39 is 0 Å². The van der Waals surface area contributed by atoms with Crippen LogP contribution in [0, 0.1) is 11.8 Å². The van der Waals surface area contributed by atoms with Gasteiger partial charge in [-0.25, -0.2) is 0 Å². The zero-order valence-corrected chi connectivity index (χ0v) is 19.2. The first kappa shape index (κ1) is 21.4. The molecule has 0 bridgehead atoms. The molecule has 3 fully saturated rings. The number of thioether (sulfide) groups is 1. The van der Waals surface area contributed by atoms with Gasteiger partial charge in [0.05, 0.1) is 6.54 Å². The number of nitrogens with zero attached hydrogens (tertiary/aromatic N) is 3. The normalized spacial score (nSPS) is 33.9. The Morgan fingerprint density at radius 1 is 1.07 bits per heavy atom. The topological polar surface area (TPSA) is 30.9 Å². The smallest absolute Gasteiger partial charge is 0.157 e. The van der Waals surface area contributed by atoms with Crippen LogP contribution in [0.5, 0.6) is 0 Å². The third-order valence-electron chi connectivity index (χ3n) is 7.09. The van der Waals surface area contributed by atoms with Crippen LogP contribution >= 0.6 is 11.8 Å². The number of amidine groups is 1. The molecule has 1 aliphatic carbocycles. The summed E-state index contributed by atoms with van der Waals surface area (Å²) in [4.78, 5) is 10.2. The van der Waals surface area contributed by atoms with Gasteiger partial charge in [-0.2, -0.15) is 0 Å². The van der Waals surface area contributed by atoms with E-state index in [4.69, 9.17) is 4.99 Å². The molecule has 0 aromatic rings. The van der Waals surface area contributed by atoms with Crippen molar-refractivity contribution in [1.29, 1.82) is 0 Å². The average molecular weight is 395 g/mol. The summed E-state index contributed by atoms with van der Waals surface area (Å²) >= 11 is 2.05. The summed E-state index contributed by atoms with van der Waals surface area (Å²) in [6.07, 6.45) is 6.72. The number of aliphatic imine (C=N–C) groups is 1. The van der Waals surface area contributed by atoms with Gasteiger partial charge in [0, 0.05) is 43.0 Å². The molecule has 2 heterocycles. The second kappa shape index (κ2) is 9.04. The van der Waals surface area contributed by atoms with E-state index in [1.165, 1.54) is 70.0 Å². The number of nitrogens with one attached hydrogen (secondary N) is 1. The minimum Gasteiger partial charge on any atom is -0.359 e. The third-order valence-corrected chi connectivity index (χ3v) is 8.83. The highest BCUT2D eigenvalue weighted by molar-refractivity contribution is 8.15. The molecule has 0 aromatic carbocycles. The van der Waals surface area contributed by atoms with Gasteiger partial charge in [0.15, 0.2) is 5.17 Å². The monoisotopic (exact) mass is 394 g/mol. The minimum atomic E-state index is 0.165. The highest BCUT2D eigenvalue weighted by Gasteiger charge is 2.53. The molecule has 2 saturated heterocycles. The third kappa shape index (κ3) is 5.42. The molecule has 0 aromatic heterocycles. The van der Waals surface area contributed by atoms with Crippen LogP contribution in [0.4, 0.5) is 0 Å². The Labute approximate surface area is 171 Å². The first-order chi connectivity index (χ1) is 12.8. The van der Waals surface area contributed by atoms with Crippen molar-refractivity contribution in [3.8, 4) is 0 Å². The van der Waals surface area contributed by atoms with Crippen LogP contribution in [0.3, 0.4) is 0 Å². The highest BCUT2D eigenvalue weighted by atomic mass is 32.2. The van der Waals surface area contributed by atoms with Crippen molar-refractivity contribution in [2.75, 3.05) is 45.8 Å². The van der Waals surface area contributed by atoms with Gasteiger partial charge in [0.1, 0.15) is 0 Å². The average Bonchev–Trinajstić information content (AvgIpc) is 2.86. The van der Waals surface area contributed by atoms with Crippen LogP contribution in [-0.2, 0) is 0 Å². The fraction of sp³-hybridized carbons (Fsp3) is 0.955. The molecule has 5 heteroatoms. The Morgan fingerprint density at radius 2 is 1.67 bits per heavy atom. The van der Waals surface area contributed by atoms with E-state index in [0.717, 1.165) is 24.9 Å². The van der Waals surface area contributed by atoms with E-state index in [1.54, 1.807) is 0 Å². The quantitative estimate of drug-likeness (QED) is 0.736. The van der Waals surface area contributed by atoms with Crippen molar-refractivity contribution in [2.45, 2.75) is 77.0 Å². The van der Waals surface area contributed by atoms with E-state index in [-0.39, 0.29) is 5.54 Å². The largest absolute Gasteiger partial charge is 0.359 e. The number of rotatable bonds is 6. The zero-order valence-electron chi connectivity index (χ0n) is 18.4. The SMILES string of the molecule is CC(C)CCN1CCN(CCN=C2NC(C)(C)C3(CCC(C)CC3)S2)CC1. The molecule has 0 unspecified atom stereocenters. The maximum Gasteiger partial charge on any atom is 0.157 e. The lowest BCUT2D eigenvalue weighted by atomic mass is 9.73. The van der Waals surface area contributed by atoms with Crippen molar-refractivity contribution >= 4 is 16.9 Å². The Morgan fingerprint density at radius 3 is 2.26 bits per heavy atom. The van der Waals surface area contributed by atoms with Gasteiger partial charge in [-0.3, -0.25) is 9.89 Å². The van der Waals surface area contributed by atoms with E-state index in [1.807, 2.05) is 0 Å². The molecule has 4 nitrogen and oxygen atoms in total. The van der Waals surface area contributed by atoms with Gasteiger partial charge >= 0.3 is 0 Å². The molecular weight excluding hydrogens is 352 g/mol. The fourth-order valence-corrected chi connectivity index (χ4v) is 6.30. The molecule has 3 rings (SSSR count). The van der Waals surface area contributed by atoms with Gasteiger partial charge in [0.2, 0.25) is 0 Å². The summed E-state index contributed by atoms with van der Waals surface area (Å²) in [5.41, 5.74) is 0.165. The van der Waals surface area contributed by atoms with Gasteiger partial charge in [0.25, 0.3) is 0 Å². The fourth-order valence-electron chi connectivity index (χ4n) is 4.72. The van der Waals surface area contributed by atoms with Gasteiger partial charge in [-0.1, -0.05) is 32.5 Å². The summed E-state index contributed by atoms with van der Waals surface area (Å²) < 4.78 is 0.361. The van der Waals surface area contributed by atoms with Crippen molar-refractivity contribution in [1.82, 2.24) is 15.1 Å². The summed E-state index contributed by atoms with van der Waals surface area (Å²) in [5, 5.41) is 4.96. The summed E-state index contributed by atoms with van der Waals surface area (Å²) in [6.45, 7) is 20.0. The van der Waals surface area contributed by atoms with E-state index in [9.17, 15) is 0 Å². The molecule has 27 heavy (non-hydrogen) atoms. The van der Waals surface area contributed by atoms with Crippen LogP contribution in [0.25, 0.3) is 0 Å². The zero-order chi connectivity index (χ0) is 19.5. The standard InChI is InChI=1S/C22H42N4S/c1-18(2)8-12-25-14-16-26(17-15-25)13-11-23-20-24-21(4,5)22(27-20)9-6-19(3)7-10-22/h18-19H,6-17H2,1-5H3,(H,23,24). The van der Waals surface area contributed by atoms with Gasteiger partial charge < -0.3 is 10.2 Å². The lowest BCUT2D eigenvalue weighted by Crippen LogP contribution is -2.52. The highest BCUT2D eigenvalue weighted by Crippen LogP contribution is 2.52.